The number of H-pyrrole nitrogens is 1. The minimum absolute atomic E-state index is 0.0490. The van der Waals surface area contributed by atoms with E-state index in [4.69, 9.17) is 15.0 Å². The van der Waals surface area contributed by atoms with E-state index in [0.717, 1.165) is 19.3 Å². The Morgan fingerprint density at radius 1 is 1.30 bits per heavy atom. The maximum absolute atomic E-state index is 12.1. The summed E-state index contributed by atoms with van der Waals surface area (Å²) in [6.07, 6.45) is 8.42. The molecule has 0 amide bonds. The van der Waals surface area contributed by atoms with Crippen LogP contribution in [-0.2, 0) is 14.3 Å². The number of carbonyl (C=O) groups excluding carboxylic acids is 1. The van der Waals surface area contributed by atoms with Crippen molar-refractivity contribution in [3.05, 3.63) is 43.0 Å². The van der Waals surface area contributed by atoms with Crippen LogP contribution in [0.15, 0.2) is 20.9 Å². The molecule has 1 saturated heterocycles. The predicted octanol–water partition coefficient (Wildman–Crippen LogP) is 3.50. The van der Waals surface area contributed by atoms with E-state index in [9.17, 15) is 14.4 Å². The highest BCUT2D eigenvalue weighted by Gasteiger charge is 2.37. The van der Waals surface area contributed by atoms with Crippen LogP contribution in [0.2, 0.25) is 0 Å². The van der Waals surface area contributed by atoms with Crippen molar-refractivity contribution in [2.24, 2.45) is 5.11 Å². The summed E-state index contributed by atoms with van der Waals surface area (Å²) in [4.78, 5) is 40.7. The standard InChI is InChI=1S/C20H31N5O5/c1-3-4-5-6-7-8-9-10-18(26)29-13-16-15(23-24-21)11-17(30-16)25-12-14(2)19(27)22-20(25)28/h12,15-17H,3-11,13H2,1-2H3,(H,22,27,28)/t15-,16+,17+/m0/s1. The molecule has 1 aliphatic rings. The third-order valence-electron chi connectivity index (χ3n) is 5.25. The lowest BCUT2D eigenvalue weighted by molar-refractivity contribution is -0.148. The minimum atomic E-state index is -0.713. The zero-order valence-corrected chi connectivity index (χ0v) is 17.7. The maximum Gasteiger partial charge on any atom is 0.330 e. The van der Waals surface area contributed by atoms with Gasteiger partial charge in [-0.3, -0.25) is 19.1 Å². The maximum atomic E-state index is 12.1. The van der Waals surface area contributed by atoms with Crippen LogP contribution in [0.25, 0.3) is 10.4 Å². The monoisotopic (exact) mass is 421 g/mol. The first-order valence-electron chi connectivity index (χ1n) is 10.6. The van der Waals surface area contributed by atoms with Crippen LogP contribution in [0.3, 0.4) is 0 Å². The number of unbranched alkanes of at least 4 members (excludes halogenated alkanes) is 6. The molecule has 0 bridgehead atoms. The number of rotatable bonds is 12. The van der Waals surface area contributed by atoms with Gasteiger partial charge in [-0.1, -0.05) is 50.6 Å². The molecule has 0 aromatic carbocycles. The number of aromatic amines is 1. The van der Waals surface area contributed by atoms with Gasteiger partial charge in [0.05, 0.1) is 6.04 Å². The smallest absolute Gasteiger partial charge is 0.330 e. The van der Waals surface area contributed by atoms with E-state index in [1.54, 1.807) is 6.92 Å². The number of azide groups is 1. The molecular formula is C20H31N5O5. The van der Waals surface area contributed by atoms with Crippen molar-refractivity contribution in [1.82, 2.24) is 9.55 Å². The Bertz CT molecular complexity index is 858. The first kappa shape index (κ1) is 23.7. The Morgan fingerprint density at radius 3 is 2.70 bits per heavy atom. The van der Waals surface area contributed by atoms with Gasteiger partial charge >= 0.3 is 11.7 Å². The van der Waals surface area contributed by atoms with E-state index in [1.165, 1.54) is 36.4 Å². The van der Waals surface area contributed by atoms with Gasteiger partial charge in [0.15, 0.2) is 0 Å². The molecule has 1 aliphatic heterocycles. The summed E-state index contributed by atoms with van der Waals surface area (Å²) in [6, 6.07) is -0.578. The normalized spacial score (nSPS) is 20.7. The lowest BCUT2D eigenvalue weighted by Crippen LogP contribution is -2.33. The van der Waals surface area contributed by atoms with Crippen molar-refractivity contribution >= 4 is 5.97 Å². The summed E-state index contributed by atoms with van der Waals surface area (Å²) >= 11 is 0. The minimum Gasteiger partial charge on any atom is -0.463 e. The molecule has 0 aliphatic carbocycles. The first-order chi connectivity index (χ1) is 14.5. The molecule has 10 nitrogen and oxygen atoms in total. The molecule has 1 fully saturated rings. The van der Waals surface area contributed by atoms with Gasteiger partial charge < -0.3 is 9.47 Å². The second-order valence-corrected chi connectivity index (χ2v) is 7.67. The van der Waals surface area contributed by atoms with Crippen LogP contribution in [-0.4, -0.2) is 34.3 Å². The molecule has 1 aromatic heterocycles. The third kappa shape index (κ3) is 7.03. The van der Waals surface area contributed by atoms with Crippen molar-refractivity contribution in [3.8, 4) is 0 Å². The fourth-order valence-electron chi connectivity index (χ4n) is 3.50. The second-order valence-electron chi connectivity index (χ2n) is 7.67. The largest absolute Gasteiger partial charge is 0.463 e. The van der Waals surface area contributed by atoms with Crippen molar-refractivity contribution < 1.29 is 14.3 Å². The van der Waals surface area contributed by atoms with Gasteiger partial charge in [0.2, 0.25) is 0 Å². The Morgan fingerprint density at radius 2 is 2.00 bits per heavy atom. The fourth-order valence-corrected chi connectivity index (χ4v) is 3.50. The molecule has 0 radical (unpaired) electrons. The van der Waals surface area contributed by atoms with Crippen LogP contribution in [0.4, 0.5) is 0 Å². The summed E-state index contributed by atoms with van der Waals surface area (Å²) in [5, 5.41) is 3.72. The second kappa shape index (κ2) is 12.2. The van der Waals surface area contributed by atoms with E-state index in [0.29, 0.717) is 12.0 Å². The molecule has 10 heteroatoms. The van der Waals surface area contributed by atoms with Crippen LogP contribution in [0.5, 0.6) is 0 Å². The molecule has 166 valence electrons. The number of aryl methyl sites for hydroxylation is 1. The van der Waals surface area contributed by atoms with Crippen molar-refractivity contribution in [1.29, 1.82) is 0 Å². The summed E-state index contributed by atoms with van der Waals surface area (Å²) in [6.45, 7) is 3.71. The SMILES string of the molecule is CCCCCCCCCC(=O)OC[C@H]1O[C@@H](n2cc(C)c(=O)[nH]c2=O)C[C@@H]1N=[N+]=[N-]. The molecule has 0 spiro atoms. The average Bonchev–Trinajstić information content (AvgIpc) is 3.11. The van der Waals surface area contributed by atoms with Gasteiger partial charge in [0, 0.05) is 29.5 Å². The predicted molar refractivity (Wildman–Crippen MR) is 111 cm³/mol. The summed E-state index contributed by atoms with van der Waals surface area (Å²) in [5.74, 6) is -0.313. The molecule has 0 unspecified atom stereocenters. The molecule has 2 rings (SSSR count). The number of carbonyl (C=O) groups is 1. The topological polar surface area (TPSA) is 139 Å². The average molecular weight is 421 g/mol. The number of esters is 1. The number of hydrogen-bond acceptors (Lipinski definition) is 6. The van der Waals surface area contributed by atoms with Gasteiger partial charge in [-0.2, -0.15) is 0 Å². The van der Waals surface area contributed by atoms with Gasteiger partial charge in [-0.25, -0.2) is 4.79 Å². The summed E-state index contributed by atoms with van der Waals surface area (Å²) in [7, 11) is 0. The fraction of sp³-hybridized carbons (Fsp3) is 0.750. The highest BCUT2D eigenvalue weighted by molar-refractivity contribution is 5.69. The van der Waals surface area contributed by atoms with Crippen LogP contribution >= 0.6 is 0 Å². The van der Waals surface area contributed by atoms with Crippen molar-refractivity contribution in [2.75, 3.05) is 6.61 Å². The van der Waals surface area contributed by atoms with Crippen LogP contribution < -0.4 is 11.2 Å². The van der Waals surface area contributed by atoms with Crippen molar-refractivity contribution in [2.45, 2.75) is 90.0 Å². The van der Waals surface area contributed by atoms with Crippen molar-refractivity contribution in [3.63, 3.8) is 0 Å². The molecule has 0 saturated carbocycles. The zero-order valence-electron chi connectivity index (χ0n) is 17.7. The van der Waals surface area contributed by atoms with E-state index in [-0.39, 0.29) is 19.0 Å². The van der Waals surface area contributed by atoms with Gasteiger partial charge in [0.25, 0.3) is 5.56 Å². The molecule has 30 heavy (non-hydrogen) atoms. The van der Waals surface area contributed by atoms with Gasteiger partial charge in [0.1, 0.15) is 18.9 Å². The lowest BCUT2D eigenvalue weighted by atomic mass is 10.1. The number of nitrogens with one attached hydrogen (secondary N) is 1. The van der Waals surface area contributed by atoms with E-state index < -0.39 is 29.6 Å². The Labute approximate surface area is 175 Å². The van der Waals surface area contributed by atoms with Gasteiger partial charge in [-0.15, -0.1) is 0 Å². The molecule has 3 atom stereocenters. The van der Waals surface area contributed by atoms with Crippen LogP contribution in [0.1, 0.15) is 76.5 Å². The quantitative estimate of drug-likeness (QED) is 0.181. The summed E-state index contributed by atoms with van der Waals surface area (Å²) < 4.78 is 12.4. The first-order valence-corrected chi connectivity index (χ1v) is 10.6. The van der Waals surface area contributed by atoms with Crippen LogP contribution in [0, 0.1) is 6.92 Å². The molecule has 1 aromatic rings. The summed E-state index contributed by atoms with van der Waals surface area (Å²) in [5.41, 5.74) is 8.11. The number of aromatic nitrogens is 2. The van der Waals surface area contributed by atoms with Gasteiger partial charge in [-0.05, 0) is 18.9 Å². The number of hydrogen-bond donors (Lipinski definition) is 1. The molecular weight excluding hydrogens is 390 g/mol. The third-order valence-corrected chi connectivity index (χ3v) is 5.25. The number of nitrogens with zero attached hydrogens (tertiary/aromatic N) is 4. The highest BCUT2D eigenvalue weighted by Crippen LogP contribution is 2.30. The van der Waals surface area contributed by atoms with E-state index in [1.807, 2.05) is 0 Å². The molecule has 2 heterocycles. The Balaban J connectivity index is 1.84. The molecule has 1 N–H and O–H groups in total. The zero-order chi connectivity index (χ0) is 21.9. The Hall–Kier alpha value is -2.58. The van der Waals surface area contributed by atoms with E-state index in [2.05, 4.69) is 21.9 Å². The number of ether oxygens (including phenoxy) is 2. The lowest BCUT2D eigenvalue weighted by Gasteiger charge is -2.16. The highest BCUT2D eigenvalue weighted by atomic mass is 16.6. The Kier molecular flexibility index (Phi) is 9.63. The van der Waals surface area contributed by atoms with E-state index >= 15 is 0 Å².